The van der Waals surface area contributed by atoms with E-state index in [1.807, 2.05) is 12.1 Å². The minimum Gasteiger partial charge on any atom is -0.299 e. The Morgan fingerprint density at radius 2 is 2.11 bits per heavy atom. The highest BCUT2D eigenvalue weighted by Crippen LogP contribution is 2.56. The van der Waals surface area contributed by atoms with Crippen LogP contribution in [-0.4, -0.2) is 5.78 Å². The van der Waals surface area contributed by atoms with Crippen LogP contribution in [0.15, 0.2) is 29.8 Å². The molecule has 1 aromatic rings. The molecule has 18 heavy (non-hydrogen) atoms. The number of carbonyl (C=O) groups is 1. The SMILES string of the molecule is O=C1Cc2ccc(Cl)cc2CC12CC1=CCC2C1. The molecule has 2 heteroatoms. The van der Waals surface area contributed by atoms with E-state index in [0.29, 0.717) is 18.1 Å². The van der Waals surface area contributed by atoms with Crippen LogP contribution in [0.25, 0.3) is 0 Å². The highest BCUT2D eigenvalue weighted by molar-refractivity contribution is 6.30. The van der Waals surface area contributed by atoms with Crippen LogP contribution in [0.2, 0.25) is 5.02 Å². The molecule has 0 saturated heterocycles. The third kappa shape index (κ3) is 1.31. The standard InChI is InChI=1S/C16H15ClO/c17-14-4-2-11-7-15(18)16(9-12(11)6-14)8-10-1-3-13(16)5-10/h1-2,4,6,13H,3,5,7-9H2. The first-order valence-corrected chi connectivity index (χ1v) is 7.04. The molecular formula is C16H15ClO. The van der Waals surface area contributed by atoms with Gasteiger partial charge in [0.15, 0.2) is 0 Å². The Balaban J connectivity index is 1.80. The van der Waals surface area contributed by atoms with Crippen LogP contribution in [0, 0.1) is 11.3 Å². The number of rotatable bonds is 0. The first-order chi connectivity index (χ1) is 8.67. The Morgan fingerprint density at radius 1 is 1.22 bits per heavy atom. The van der Waals surface area contributed by atoms with Crippen LogP contribution in [0.4, 0.5) is 0 Å². The number of Topliss-reactive ketones (excluding diaryl/α,β-unsaturated/α-hetero) is 1. The van der Waals surface area contributed by atoms with Gasteiger partial charge in [0.2, 0.25) is 0 Å². The summed E-state index contributed by atoms with van der Waals surface area (Å²) in [5.41, 5.74) is 3.92. The van der Waals surface area contributed by atoms with Crippen LogP contribution in [0.5, 0.6) is 0 Å². The van der Waals surface area contributed by atoms with Crippen molar-refractivity contribution in [2.24, 2.45) is 11.3 Å². The van der Waals surface area contributed by atoms with Gasteiger partial charge >= 0.3 is 0 Å². The van der Waals surface area contributed by atoms with Gasteiger partial charge in [0.1, 0.15) is 5.78 Å². The minimum atomic E-state index is -0.0816. The molecule has 0 aliphatic heterocycles. The fourth-order valence-corrected chi connectivity index (χ4v) is 4.35. The third-order valence-electron chi connectivity index (χ3n) is 5.10. The smallest absolute Gasteiger partial charge is 0.144 e. The monoisotopic (exact) mass is 258 g/mol. The van der Waals surface area contributed by atoms with Crippen molar-refractivity contribution in [2.45, 2.75) is 32.1 Å². The summed E-state index contributed by atoms with van der Waals surface area (Å²) in [4.78, 5) is 12.6. The van der Waals surface area contributed by atoms with Gasteiger partial charge in [-0.05, 0) is 54.9 Å². The average molecular weight is 259 g/mol. The van der Waals surface area contributed by atoms with E-state index in [-0.39, 0.29) is 5.41 Å². The van der Waals surface area contributed by atoms with Crippen molar-refractivity contribution < 1.29 is 4.79 Å². The van der Waals surface area contributed by atoms with Crippen molar-refractivity contribution in [3.8, 4) is 0 Å². The fourth-order valence-electron chi connectivity index (χ4n) is 4.16. The largest absolute Gasteiger partial charge is 0.299 e. The number of halogens is 1. The molecule has 0 aromatic heterocycles. The van der Waals surface area contributed by atoms with Gasteiger partial charge in [-0.15, -0.1) is 0 Å². The Morgan fingerprint density at radius 3 is 2.83 bits per heavy atom. The maximum atomic E-state index is 12.6. The lowest BCUT2D eigenvalue weighted by atomic mass is 9.63. The number of ketones is 1. The van der Waals surface area contributed by atoms with E-state index in [9.17, 15) is 4.79 Å². The van der Waals surface area contributed by atoms with Crippen LogP contribution in [-0.2, 0) is 17.6 Å². The molecule has 0 heterocycles. The molecule has 1 spiro atoms. The Labute approximate surface area is 112 Å². The summed E-state index contributed by atoms with van der Waals surface area (Å²) >= 11 is 6.09. The van der Waals surface area contributed by atoms with Crippen molar-refractivity contribution in [1.82, 2.24) is 0 Å². The maximum Gasteiger partial charge on any atom is 0.144 e. The van der Waals surface area contributed by atoms with Crippen molar-refractivity contribution in [3.05, 3.63) is 46.0 Å². The first-order valence-electron chi connectivity index (χ1n) is 6.66. The lowest BCUT2D eigenvalue weighted by Crippen LogP contribution is -2.42. The average Bonchev–Trinajstić information content (AvgIpc) is 2.92. The van der Waals surface area contributed by atoms with E-state index in [0.717, 1.165) is 30.7 Å². The normalized spacial score (nSPS) is 32.8. The van der Waals surface area contributed by atoms with Crippen LogP contribution >= 0.6 is 11.6 Å². The van der Waals surface area contributed by atoms with Gasteiger partial charge in [-0.3, -0.25) is 4.79 Å². The predicted octanol–water partition coefficient (Wildman–Crippen LogP) is 3.73. The molecule has 1 fully saturated rings. The molecule has 1 aromatic carbocycles. The molecule has 0 amide bonds. The van der Waals surface area contributed by atoms with E-state index in [2.05, 4.69) is 12.1 Å². The fraction of sp³-hybridized carbons (Fsp3) is 0.438. The van der Waals surface area contributed by atoms with Crippen LogP contribution < -0.4 is 0 Å². The highest BCUT2D eigenvalue weighted by Gasteiger charge is 2.53. The van der Waals surface area contributed by atoms with E-state index >= 15 is 0 Å². The molecule has 2 atom stereocenters. The van der Waals surface area contributed by atoms with E-state index < -0.39 is 0 Å². The Hall–Kier alpha value is -1.08. The summed E-state index contributed by atoms with van der Waals surface area (Å²) in [6.07, 6.45) is 7.12. The molecule has 2 unspecified atom stereocenters. The molecular weight excluding hydrogens is 244 g/mol. The lowest BCUT2D eigenvalue weighted by Gasteiger charge is -2.38. The van der Waals surface area contributed by atoms with E-state index in [1.54, 1.807) is 0 Å². The predicted molar refractivity (Wildman–Crippen MR) is 71.7 cm³/mol. The molecule has 1 saturated carbocycles. The number of hydrogen-bond acceptors (Lipinski definition) is 1. The molecule has 3 aliphatic rings. The second-order valence-electron chi connectivity index (χ2n) is 6.02. The number of hydrogen-bond donors (Lipinski definition) is 0. The summed E-state index contributed by atoms with van der Waals surface area (Å²) in [6.45, 7) is 0. The van der Waals surface area contributed by atoms with Crippen molar-refractivity contribution in [1.29, 1.82) is 0 Å². The van der Waals surface area contributed by atoms with Gasteiger partial charge < -0.3 is 0 Å². The van der Waals surface area contributed by atoms with Gasteiger partial charge in [-0.1, -0.05) is 29.3 Å². The van der Waals surface area contributed by atoms with E-state index in [1.165, 1.54) is 16.7 Å². The highest BCUT2D eigenvalue weighted by atomic mass is 35.5. The van der Waals surface area contributed by atoms with Crippen LogP contribution in [0.3, 0.4) is 0 Å². The molecule has 3 aliphatic carbocycles. The van der Waals surface area contributed by atoms with Crippen LogP contribution in [0.1, 0.15) is 30.4 Å². The molecule has 0 N–H and O–H groups in total. The Bertz CT molecular complexity index is 587. The molecule has 92 valence electrons. The summed E-state index contributed by atoms with van der Waals surface area (Å²) in [5, 5.41) is 0.792. The molecule has 1 nitrogen and oxygen atoms in total. The summed E-state index contributed by atoms with van der Waals surface area (Å²) in [7, 11) is 0. The summed E-state index contributed by atoms with van der Waals surface area (Å²) in [6, 6.07) is 5.98. The van der Waals surface area contributed by atoms with Gasteiger partial charge in [0, 0.05) is 16.9 Å². The van der Waals surface area contributed by atoms with Gasteiger partial charge in [0.25, 0.3) is 0 Å². The second-order valence-corrected chi connectivity index (χ2v) is 6.46. The van der Waals surface area contributed by atoms with Gasteiger partial charge in [-0.2, -0.15) is 0 Å². The number of fused-ring (bicyclic) bond motifs is 4. The number of carbonyl (C=O) groups excluding carboxylic acids is 1. The molecule has 2 bridgehead atoms. The summed E-state index contributed by atoms with van der Waals surface area (Å²) in [5.74, 6) is 1.03. The summed E-state index contributed by atoms with van der Waals surface area (Å²) < 4.78 is 0. The zero-order chi connectivity index (χ0) is 12.3. The Kier molecular flexibility index (Phi) is 2.09. The minimum absolute atomic E-state index is 0.0816. The molecule has 0 radical (unpaired) electrons. The third-order valence-corrected chi connectivity index (χ3v) is 5.34. The lowest BCUT2D eigenvalue weighted by molar-refractivity contribution is -0.131. The zero-order valence-corrected chi connectivity index (χ0v) is 11.0. The maximum absolute atomic E-state index is 12.6. The van der Waals surface area contributed by atoms with Crippen molar-refractivity contribution in [3.63, 3.8) is 0 Å². The quantitative estimate of drug-likeness (QED) is 0.648. The number of allylic oxidation sites excluding steroid dienone is 2. The van der Waals surface area contributed by atoms with Crippen molar-refractivity contribution >= 4 is 17.4 Å². The van der Waals surface area contributed by atoms with E-state index in [4.69, 9.17) is 11.6 Å². The zero-order valence-electron chi connectivity index (χ0n) is 10.2. The van der Waals surface area contributed by atoms with Gasteiger partial charge in [-0.25, -0.2) is 0 Å². The van der Waals surface area contributed by atoms with Crippen molar-refractivity contribution in [2.75, 3.05) is 0 Å². The van der Waals surface area contributed by atoms with Gasteiger partial charge in [0.05, 0.1) is 0 Å². The second kappa shape index (κ2) is 3.48. The molecule has 4 rings (SSSR count). The topological polar surface area (TPSA) is 17.1 Å². The first kappa shape index (κ1) is 10.8. The number of benzene rings is 1.